The van der Waals surface area contributed by atoms with Crippen LogP contribution >= 0.6 is 0 Å². The van der Waals surface area contributed by atoms with Crippen LogP contribution in [0.3, 0.4) is 0 Å². The van der Waals surface area contributed by atoms with Crippen molar-refractivity contribution in [1.29, 1.82) is 0 Å². The summed E-state index contributed by atoms with van der Waals surface area (Å²) in [7, 11) is 0. The highest BCUT2D eigenvalue weighted by atomic mass is 19.2. The van der Waals surface area contributed by atoms with E-state index in [2.05, 4.69) is 4.98 Å². The molecule has 0 amide bonds. The molecular formula is C12H14F2N2O. The van der Waals surface area contributed by atoms with E-state index in [4.69, 9.17) is 4.74 Å². The lowest BCUT2D eigenvalue weighted by Gasteiger charge is -2.05. The number of hydrogen-bond donors (Lipinski definition) is 0. The standard InChI is InChI=1S/C12H14F2N2O/c1-2-4-17-5-3-16-8-15-11-6-9(13)10(14)7-12(11)16/h6-8H,2-5H2,1H3. The first kappa shape index (κ1) is 12.0. The minimum Gasteiger partial charge on any atom is -0.380 e. The summed E-state index contributed by atoms with van der Waals surface area (Å²) < 4.78 is 33.2. The van der Waals surface area contributed by atoms with Gasteiger partial charge in [-0.1, -0.05) is 6.92 Å². The molecule has 0 unspecified atom stereocenters. The highest BCUT2D eigenvalue weighted by Crippen LogP contribution is 2.17. The van der Waals surface area contributed by atoms with Crippen molar-refractivity contribution in [2.75, 3.05) is 13.2 Å². The number of rotatable bonds is 5. The van der Waals surface area contributed by atoms with Gasteiger partial charge in [-0.2, -0.15) is 0 Å². The fourth-order valence-corrected chi connectivity index (χ4v) is 1.64. The van der Waals surface area contributed by atoms with Crippen LogP contribution in [0, 0.1) is 11.6 Å². The third-order valence-electron chi connectivity index (χ3n) is 2.49. The minimum atomic E-state index is -0.870. The molecule has 17 heavy (non-hydrogen) atoms. The summed E-state index contributed by atoms with van der Waals surface area (Å²) in [6, 6.07) is 2.27. The van der Waals surface area contributed by atoms with Crippen LogP contribution in [0.25, 0.3) is 11.0 Å². The number of hydrogen-bond acceptors (Lipinski definition) is 2. The lowest BCUT2D eigenvalue weighted by Crippen LogP contribution is -2.05. The summed E-state index contributed by atoms with van der Waals surface area (Å²) in [6.45, 7) is 3.86. The van der Waals surface area contributed by atoms with Gasteiger partial charge in [0.05, 0.1) is 24.0 Å². The molecule has 0 N–H and O–H groups in total. The minimum absolute atomic E-state index is 0.458. The Morgan fingerprint density at radius 1 is 1.24 bits per heavy atom. The SMILES string of the molecule is CCCOCCn1cnc2cc(F)c(F)cc21. The van der Waals surface area contributed by atoms with Gasteiger partial charge < -0.3 is 9.30 Å². The molecule has 5 heteroatoms. The topological polar surface area (TPSA) is 27.1 Å². The number of halogens is 2. The largest absolute Gasteiger partial charge is 0.380 e. The van der Waals surface area contributed by atoms with E-state index in [0.29, 0.717) is 30.8 Å². The predicted molar refractivity (Wildman–Crippen MR) is 60.8 cm³/mol. The van der Waals surface area contributed by atoms with Crippen LogP contribution < -0.4 is 0 Å². The summed E-state index contributed by atoms with van der Waals surface area (Å²) >= 11 is 0. The van der Waals surface area contributed by atoms with Crippen LogP contribution in [0.4, 0.5) is 8.78 Å². The zero-order valence-electron chi connectivity index (χ0n) is 9.62. The maximum atomic E-state index is 13.1. The number of benzene rings is 1. The van der Waals surface area contributed by atoms with Gasteiger partial charge in [-0.15, -0.1) is 0 Å². The van der Waals surface area contributed by atoms with E-state index >= 15 is 0 Å². The molecule has 0 bridgehead atoms. The molecule has 0 aliphatic heterocycles. The van der Waals surface area contributed by atoms with E-state index in [1.165, 1.54) is 0 Å². The van der Waals surface area contributed by atoms with Gasteiger partial charge in [0, 0.05) is 25.3 Å². The van der Waals surface area contributed by atoms with Gasteiger partial charge in [-0.3, -0.25) is 0 Å². The first-order valence-electron chi connectivity index (χ1n) is 5.60. The molecule has 0 radical (unpaired) electrons. The first-order chi connectivity index (χ1) is 8.22. The van der Waals surface area contributed by atoms with Crippen LogP contribution in [0.15, 0.2) is 18.5 Å². The van der Waals surface area contributed by atoms with Crippen molar-refractivity contribution in [1.82, 2.24) is 9.55 Å². The Bertz CT molecular complexity index is 510. The lowest BCUT2D eigenvalue weighted by atomic mass is 10.3. The Hall–Kier alpha value is -1.49. The Labute approximate surface area is 98.0 Å². The van der Waals surface area contributed by atoms with E-state index in [9.17, 15) is 8.78 Å². The summed E-state index contributed by atoms with van der Waals surface area (Å²) in [5, 5.41) is 0. The second kappa shape index (κ2) is 5.23. The molecule has 92 valence electrons. The predicted octanol–water partition coefficient (Wildman–Crippen LogP) is 2.74. The molecule has 2 rings (SSSR count). The van der Waals surface area contributed by atoms with Gasteiger partial charge in [0.15, 0.2) is 11.6 Å². The average molecular weight is 240 g/mol. The lowest BCUT2D eigenvalue weighted by molar-refractivity contribution is 0.127. The molecule has 0 fully saturated rings. The van der Waals surface area contributed by atoms with E-state index in [1.54, 1.807) is 10.9 Å². The van der Waals surface area contributed by atoms with Gasteiger partial charge in [0.25, 0.3) is 0 Å². The maximum Gasteiger partial charge on any atom is 0.161 e. The highest BCUT2D eigenvalue weighted by Gasteiger charge is 2.08. The number of fused-ring (bicyclic) bond motifs is 1. The smallest absolute Gasteiger partial charge is 0.161 e. The van der Waals surface area contributed by atoms with Crippen molar-refractivity contribution in [2.45, 2.75) is 19.9 Å². The fourth-order valence-electron chi connectivity index (χ4n) is 1.64. The van der Waals surface area contributed by atoms with E-state index in [0.717, 1.165) is 18.6 Å². The molecule has 3 nitrogen and oxygen atoms in total. The first-order valence-corrected chi connectivity index (χ1v) is 5.60. The Morgan fingerprint density at radius 3 is 2.76 bits per heavy atom. The second-order valence-electron chi connectivity index (χ2n) is 3.81. The Morgan fingerprint density at radius 2 is 2.00 bits per heavy atom. The van der Waals surface area contributed by atoms with E-state index in [-0.39, 0.29) is 0 Å². The van der Waals surface area contributed by atoms with Gasteiger partial charge in [0.2, 0.25) is 0 Å². The molecule has 0 aliphatic rings. The number of aromatic nitrogens is 2. The molecule has 0 saturated heterocycles. The molecule has 2 aromatic rings. The van der Waals surface area contributed by atoms with Gasteiger partial charge >= 0.3 is 0 Å². The zero-order valence-corrected chi connectivity index (χ0v) is 9.62. The average Bonchev–Trinajstić information content (AvgIpc) is 2.68. The summed E-state index contributed by atoms with van der Waals surface area (Å²) in [6.07, 6.45) is 2.53. The van der Waals surface area contributed by atoms with Crippen molar-refractivity contribution in [3.05, 3.63) is 30.1 Å². The normalized spacial score (nSPS) is 11.2. The van der Waals surface area contributed by atoms with Crippen LogP contribution in [-0.2, 0) is 11.3 Å². The van der Waals surface area contributed by atoms with Gasteiger partial charge in [0.1, 0.15) is 0 Å². The molecule has 1 aromatic carbocycles. The summed E-state index contributed by atoms with van der Waals surface area (Å²) in [5.74, 6) is -1.72. The summed E-state index contributed by atoms with van der Waals surface area (Å²) in [5.41, 5.74) is 1.04. The molecular weight excluding hydrogens is 226 g/mol. The maximum absolute atomic E-state index is 13.1. The third kappa shape index (κ3) is 2.61. The number of ether oxygens (including phenoxy) is 1. The van der Waals surface area contributed by atoms with E-state index in [1.807, 2.05) is 6.92 Å². The Kier molecular flexibility index (Phi) is 3.68. The molecule has 0 aliphatic carbocycles. The Balaban J connectivity index is 2.15. The number of imidazole rings is 1. The summed E-state index contributed by atoms with van der Waals surface area (Å²) in [4.78, 5) is 4.02. The molecule has 0 saturated carbocycles. The quantitative estimate of drug-likeness (QED) is 0.751. The molecule has 1 aromatic heterocycles. The van der Waals surface area contributed by atoms with Crippen LogP contribution in [0.5, 0.6) is 0 Å². The van der Waals surface area contributed by atoms with Crippen molar-refractivity contribution in [2.24, 2.45) is 0 Å². The molecule has 0 atom stereocenters. The third-order valence-corrected chi connectivity index (χ3v) is 2.49. The van der Waals surface area contributed by atoms with Gasteiger partial charge in [-0.05, 0) is 6.42 Å². The molecule has 0 spiro atoms. The van der Waals surface area contributed by atoms with Crippen LogP contribution in [0.2, 0.25) is 0 Å². The van der Waals surface area contributed by atoms with Crippen LogP contribution in [-0.4, -0.2) is 22.8 Å². The number of nitrogens with zero attached hydrogens (tertiary/aromatic N) is 2. The monoisotopic (exact) mass is 240 g/mol. The van der Waals surface area contributed by atoms with Crippen molar-refractivity contribution >= 4 is 11.0 Å². The van der Waals surface area contributed by atoms with Crippen LogP contribution in [0.1, 0.15) is 13.3 Å². The second-order valence-corrected chi connectivity index (χ2v) is 3.81. The van der Waals surface area contributed by atoms with Gasteiger partial charge in [-0.25, -0.2) is 13.8 Å². The highest BCUT2D eigenvalue weighted by molar-refractivity contribution is 5.75. The van der Waals surface area contributed by atoms with Crippen molar-refractivity contribution in [3.8, 4) is 0 Å². The van der Waals surface area contributed by atoms with Crippen molar-refractivity contribution < 1.29 is 13.5 Å². The van der Waals surface area contributed by atoms with E-state index < -0.39 is 11.6 Å². The fraction of sp³-hybridized carbons (Fsp3) is 0.417. The molecule has 1 heterocycles. The zero-order chi connectivity index (χ0) is 12.3. The van der Waals surface area contributed by atoms with Crippen molar-refractivity contribution in [3.63, 3.8) is 0 Å².